The average Bonchev–Trinajstić information content (AvgIpc) is 3.40. The molecule has 2 aliphatic rings. The van der Waals surface area contributed by atoms with E-state index < -0.39 is 23.7 Å². The van der Waals surface area contributed by atoms with E-state index in [0.29, 0.717) is 12.2 Å². The molecule has 176 valence electrons. The third-order valence-electron chi connectivity index (χ3n) is 5.41. The molecule has 3 amide bonds. The first-order valence-corrected chi connectivity index (χ1v) is 11.4. The number of benzene rings is 1. The fourth-order valence-corrected chi connectivity index (χ4v) is 4.52. The van der Waals surface area contributed by atoms with Gasteiger partial charge < -0.3 is 9.64 Å². The van der Waals surface area contributed by atoms with Crippen LogP contribution in [0.5, 0.6) is 0 Å². The van der Waals surface area contributed by atoms with E-state index in [0.717, 1.165) is 36.6 Å². The third kappa shape index (κ3) is 5.25. The van der Waals surface area contributed by atoms with Gasteiger partial charge in [-0.25, -0.2) is 14.7 Å². The summed E-state index contributed by atoms with van der Waals surface area (Å²) >= 11 is -0.254. The Bertz CT molecular complexity index is 1010. The molecule has 0 aliphatic carbocycles. The second-order valence-corrected chi connectivity index (χ2v) is 8.77. The number of alkyl halides is 3. The van der Waals surface area contributed by atoms with Crippen molar-refractivity contribution in [3.63, 3.8) is 0 Å². The van der Waals surface area contributed by atoms with E-state index >= 15 is 0 Å². The maximum Gasteiger partial charge on any atom is 0.446 e. The van der Waals surface area contributed by atoms with Crippen LogP contribution in [0.4, 0.5) is 29.5 Å². The van der Waals surface area contributed by atoms with Gasteiger partial charge in [0, 0.05) is 36.4 Å². The zero-order valence-electron chi connectivity index (χ0n) is 17.9. The van der Waals surface area contributed by atoms with Gasteiger partial charge in [0.25, 0.3) is 5.91 Å². The number of hydrogen-bond acceptors (Lipinski definition) is 6. The molecule has 1 unspecified atom stereocenters. The molecule has 0 radical (unpaired) electrons. The van der Waals surface area contributed by atoms with Crippen LogP contribution >= 0.6 is 11.8 Å². The molecular weight excluding hydrogens is 457 g/mol. The summed E-state index contributed by atoms with van der Waals surface area (Å²) in [5.41, 5.74) is -3.50. The van der Waals surface area contributed by atoms with Crippen molar-refractivity contribution < 1.29 is 27.5 Å². The lowest BCUT2D eigenvalue weighted by Gasteiger charge is -2.28. The summed E-state index contributed by atoms with van der Waals surface area (Å²) < 4.78 is 43.6. The minimum absolute atomic E-state index is 0.0272. The van der Waals surface area contributed by atoms with E-state index in [2.05, 4.69) is 9.88 Å². The number of carbonyl (C=O) groups is 2. The first-order valence-electron chi connectivity index (χ1n) is 10.6. The van der Waals surface area contributed by atoms with Gasteiger partial charge in [0.05, 0.1) is 5.69 Å². The molecule has 3 heterocycles. The predicted octanol–water partition coefficient (Wildman–Crippen LogP) is 4.80. The highest BCUT2D eigenvalue weighted by Gasteiger charge is 2.42. The van der Waals surface area contributed by atoms with Crippen molar-refractivity contribution in [3.05, 3.63) is 48.2 Å². The summed E-state index contributed by atoms with van der Waals surface area (Å²) in [6.07, 6.45) is 3.05. The molecule has 2 aromatic rings. The molecule has 2 aliphatic heterocycles. The highest BCUT2D eigenvalue weighted by Crippen LogP contribution is 2.38. The number of ether oxygens (including phenoxy) is 1. The van der Waals surface area contributed by atoms with Crippen molar-refractivity contribution in [3.8, 4) is 0 Å². The second kappa shape index (κ2) is 9.60. The van der Waals surface area contributed by atoms with E-state index in [1.54, 1.807) is 19.2 Å². The Kier molecular flexibility index (Phi) is 6.80. The zero-order chi connectivity index (χ0) is 23.6. The smallest absolute Gasteiger partial charge is 0.357 e. The van der Waals surface area contributed by atoms with Crippen molar-refractivity contribution in [2.24, 2.45) is 0 Å². The van der Waals surface area contributed by atoms with Crippen molar-refractivity contribution in [1.29, 1.82) is 0 Å². The predicted molar refractivity (Wildman–Crippen MR) is 118 cm³/mol. The first kappa shape index (κ1) is 23.4. The largest absolute Gasteiger partial charge is 0.446 e. The Morgan fingerprint density at radius 1 is 1.12 bits per heavy atom. The first-order chi connectivity index (χ1) is 15.8. The van der Waals surface area contributed by atoms with Crippen LogP contribution in [0.2, 0.25) is 0 Å². The number of halogens is 3. The minimum atomic E-state index is -4.42. The molecule has 33 heavy (non-hydrogen) atoms. The number of hydrogen-bond donors (Lipinski definition) is 0. The average molecular weight is 481 g/mol. The van der Waals surface area contributed by atoms with Gasteiger partial charge in [0.15, 0.2) is 6.23 Å². The fourth-order valence-electron chi connectivity index (χ4n) is 3.98. The molecule has 1 atom stereocenters. The normalized spacial score (nSPS) is 17.9. The number of urea groups is 1. The second-order valence-electron chi connectivity index (χ2n) is 7.63. The van der Waals surface area contributed by atoms with Gasteiger partial charge in [0.1, 0.15) is 12.4 Å². The minimum Gasteiger partial charge on any atom is -0.357 e. The van der Waals surface area contributed by atoms with E-state index in [-0.39, 0.29) is 28.9 Å². The zero-order valence-corrected chi connectivity index (χ0v) is 18.7. The maximum atomic E-state index is 13.2. The number of anilines is 2. The summed E-state index contributed by atoms with van der Waals surface area (Å²) in [7, 11) is 0. The van der Waals surface area contributed by atoms with Gasteiger partial charge in [-0.2, -0.15) is 13.2 Å². The summed E-state index contributed by atoms with van der Waals surface area (Å²) in [5, 5.41) is 0. The lowest BCUT2D eigenvalue weighted by Crippen LogP contribution is -2.36. The van der Waals surface area contributed by atoms with Crippen LogP contribution in [0, 0.1) is 0 Å². The lowest BCUT2D eigenvalue weighted by atomic mass is 10.2. The molecule has 0 saturated carbocycles. The topological polar surface area (TPSA) is 66.0 Å². The lowest BCUT2D eigenvalue weighted by molar-refractivity contribution is -0.118. The monoisotopic (exact) mass is 480 g/mol. The van der Waals surface area contributed by atoms with Crippen molar-refractivity contribution in [2.75, 3.05) is 36.0 Å². The number of aromatic nitrogens is 1. The van der Waals surface area contributed by atoms with Crippen LogP contribution in [0.3, 0.4) is 0 Å². The van der Waals surface area contributed by atoms with Crippen LogP contribution < -0.4 is 9.80 Å². The number of thioether (sulfide) groups is 1. The fraction of sp³-hybridized carbons (Fsp3) is 0.409. The molecule has 2 fully saturated rings. The number of imide groups is 1. The SMILES string of the molecule is CCOC(c1ccnc(N2CCCC2)c1)N1CC(=O)N(c2ccc(SC(F)(F)F)cc2)C1=O. The van der Waals surface area contributed by atoms with Crippen molar-refractivity contribution in [2.45, 2.75) is 36.4 Å². The molecule has 2 saturated heterocycles. The molecule has 1 aromatic carbocycles. The highest BCUT2D eigenvalue weighted by molar-refractivity contribution is 8.00. The number of carbonyl (C=O) groups excluding carboxylic acids is 2. The van der Waals surface area contributed by atoms with Crippen molar-refractivity contribution in [1.82, 2.24) is 9.88 Å². The Morgan fingerprint density at radius 2 is 1.82 bits per heavy atom. The van der Waals surface area contributed by atoms with Gasteiger partial charge >= 0.3 is 11.5 Å². The summed E-state index contributed by atoms with van der Waals surface area (Å²) in [4.78, 5) is 34.8. The molecule has 7 nitrogen and oxygen atoms in total. The Labute approximate surface area is 193 Å². The number of nitrogens with zero attached hydrogens (tertiary/aromatic N) is 4. The Hall–Kier alpha value is -2.79. The Morgan fingerprint density at radius 3 is 2.45 bits per heavy atom. The van der Waals surface area contributed by atoms with Gasteiger partial charge in [0.2, 0.25) is 0 Å². The van der Waals surface area contributed by atoms with Crippen LogP contribution in [-0.4, -0.2) is 53.6 Å². The van der Waals surface area contributed by atoms with E-state index in [1.165, 1.54) is 29.2 Å². The molecule has 0 bridgehead atoms. The van der Waals surface area contributed by atoms with Gasteiger partial charge in [-0.15, -0.1) is 0 Å². The van der Waals surface area contributed by atoms with Crippen molar-refractivity contribution >= 4 is 35.2 Å². The summed E-state index contributed by atoms with van der Waals surface area (Å²) in [6, 6.07) is 8.18. The quantitative estimate of drug-likeness (QED) is 0.419. The van der Waals surface area contributed by atoms with E-state index in [1.807, 2.05) is 6.07 Å². The van der Waals surface area contributed by atoms with E-state index in [4.69, 9.17) is 4.74 Å². The number of rotatable bonds is 7. The Balaban J connectivity index is 1.56. The van der Waals surface area contributed by atoms with Gasteiger partial charge in [-0.1, -0.05) is 0 Å². The van der Waals surface area contributed by atoms with Gasteiger partial charge in [-0.05, 0) is 67.9 Å². The van der Waals surface area contributed by atoms with Crippen LogP contribution in [0.25, 0.3) is 0 Å². The third-order valence-corrected chi connectivity index (χ3v) is 6.15. The number of amides is 3. The molecule has 11 heteroatoms. The standard InChI is InChI=1S/C22H23F3N4O3S/c1-2-32-20(15-9-10-26-18(13-15)27-11-3-4-12-27)28-14-19(30)29(21(28)31)16-5-7-17(8-6-16)33-22(23,24)25/h5-10,13,20H,2-4,11-12,14H2,1H3. The molecule has 0 spiro atoms. The molecule has 0 N–H and O–H groups in total. The van der Waals surface area contributed by atoms with Crippen LogP contribution in [0.1, 0.15) is 31.6 Å². The molecular formula is C22H23F3N4O3S. The number of pyridine rings is 1. The van der Waals surface area contributed by atoms with E-state index in [9.17, 15) is 22.8 Å². The molecule has 1 aromatic heterocycles. The van der Waals surface area contributed by atoms with Crippen LogP contribution in [-0.2, 0) is 9.53 Å². The van der Waals surface area contributed by atoms with Crippen LogP contribution in [0.15, 0.2) is 47.5 Å². The molecule has 4 rings (SSSR count). The summed E-state index contributed by atoms with van der Waals surface area (Å²) in [5.74, 6) is 0.317. The summed E-state index contributed by atoms with van der Waals surface area (Å²) in [6.45, 7) is 3.73. The van der Waals surface area contributed by atoms with Gasteiger partial charge in [-0.3, -0.25) is 9.69 Å². The highest BCUT2D eigenvalue weighted by atomic mass is 32.2. The maximum absolute atomic E-state index is 13.2.